The highest BCUT2D eigenvalue weighted by Gasteiger charge is 2.26. The summed E-state index contributed by atoms with van der Waals surface area (Å²) in [6.07, 6.45) is 2.88. The van der Waals surface area contributed by atoms with Gasteiger partial charge in [-0.1, -0.05) is 0 Å². The summed E-state index contributed by atoms with van der Waals surface area (Å²) < 4.78 is 31.1. The van der Waals surface area contributed by atoms with Crippen molar-refractivity contribution in [3.05, 3.63) is 48.3 Å². The Hall–Kier alpha value is -4.16. The predicted molar refractivity (Wildman–Crippen MR) is 138 cm³/mol. The van der Waals surface area contributed by atoms with Gasteiger partial charge >= 0.3 is 12.1 Å². The van der Waals surface area contributed by atoms with Crippen molar-refractivity contribution in [1.29, 1.82) is 0 Å². The van der Waals surface area contributed by atoms with Gasteiger partial charge in [-0.2, -0.15) is 4.80 Å². The van der Waals surface area contributed by atoms with Crippen molar-refractivity contribution >= 4 is 12.1 Å². The third kappa shape index (κ3) is 10.3. The Morgan fingerprint density at radius 3 is 2.38 bits per heavy atom. The maximum Gasteiger partial charge on any atom is 0.407 e. The van der Waals surface area contributed by atoms with E-state index < -0.39 is 35.1 Å². The van der Waals surface area contributed by atoms with Crippen LogP contribution in [0.2, 0.25) is 0 Å². The molecule has 3 rings (SSSR count). The molecule has 2 aromatic heterocycles. The normalized spacial score (nSPS) is 12.5. The van der Waals surface area contributed by atoms with E-state index in [-0.39, 0.29) is 31.0 Å². The molecule has 13 heteroatoms. The minimum Gasteiger partial charge on any atom is -0.493 e. The van der Waals surface area contributed by atoms with Gasteiger partial charge in [-0.15, -0.1) is 10.2 Å². The number of esters is 1. The summed E-state index contributed by atoms with van der Waals surface area (Å²) in [5.74, 6) is -0.130. The number of ether oxygens (including phenoxy) is 3. The van der Waals surface area contributed by atoms with Crippen LogP contribution in [-0.4, -0.2) is 66.1 Å². The fourth-order valence-corrected chi connectivity index (χ4v) is 3.33. The van der Waals surface area contributed by atoms with E-state index in [0.717, 1.165) is 0 Å². The van der Waals surface area contributed by atoms with E-state index in [2.05, 4.69) is 30.7 Å². The quantitative estimate of drug-likeness (QED) is 0.377. The van der Waals surface area contributed by atoms with Gasteiger partial charge in [0.2, 0.25) is 5.82 Å². The van der Waals surface area contributed by atoms with Crippen LogP contribution in [0.1, 0.15) is 53.8 Å². The Morgan fingerprint density at radius 2 is 1.74 bits per heavy atom. The summed E-state index contributed by atoms with van der Waals surface area (Å²) in [6, 6.07) is 5.27. The molecule has 39 heavy (non-hydrogen) atoms. The Bertz CT molecular complexity index is 1230. The second-order valence-electron chi connectivity index (χ2n) is 10.7. The molecule has 12 nitrogen and oxygen atoms in total. The Kier molecular flexibility index (Phi) is 9.49. The van der Waals surface area contributed by atoms with Crippen LogP contribution in [0.3, 0.4) is 0 Å². The molecule has 1 atom stereocenters. The van der Waals surface area contributed by atoms with Gasteiger partial charge in [-0.05, 0) is 65.0 Å². The lowest BCUT2D eigenvalue weighted by molar-refractivity contribution is -0.155. The molecule has 1 N–H and O–H groups in total. The Balaban J connectivity index is 1.66. The van der Waals surface area contributed by atoms with Crippen molar-refractivity contribution in [3.63, 3.8) is 0 Å². The van der Waals surface area contributed by atoms with E-state index in [1.165, 1.54) is 16.9 Å². The van der Waals surface area contributed by atoms with E-state index >= 15 is 0 Å². The molecule has 2 heterocycles. The molecule has 0 radical (unpaired) electrons. The van der Waals surface area contributed by atoms with Gasteiger partial charge in [-0.3, -0.25) is 4.79 Å². The molecule has 0 unspecified atom stereocenters. The molecule has 0 fully saturated rings. The molecule has 0 bridgehead atoms. The molecule has 210 valence electrons. The number of hydrogen-bond donors (Lipinski definition) is 1. The van der Waals surface area contributed by atoms with Gasteiger partial charge in [0, 0.05) is 24.9 Å². The zero-order chi connectivity index (χ0) is 28.6. The van der Waals surface area contributed by atoms with E-state index in [0.29, 0.717) is 18.0 Å². The molecule has 3 aromatic rings. The highest BCUT2D eigenvalue weighted by atomic mass is 19.1. The van der Waals surface area contributed by atoms with Gasteiger partial charge in [-0.25, -0.2) is 19.2 Å². The van der Waals surface area contributed by atoms with Gasteiger partial charge in [0.05, 0.1) is 31.2 Å². The SMILES string of the molecule is CC(C)(C)OC(=O)C[C@@H](Cn1nnc(-c2ccc(OCCc3ncccn3)cc2F)n1)NC(=O)OC(C)(C)C. The molecule has 1 amide bonds. The minimum absolute atomic E-state index is 0.0319. The van der Waals surface area contributed by atoms with Crippen LogP contribution in [0.15, 0.2) is 36.7 Å². The van der Waals surface area contributed by atoms with Crippen LogP contribution >= 0.6 is 0 Å². The first kappa shape index (κ1) is 29.4. The third-order valence-corrected chi connectivity index (χ3v) is 4.79. The summed E-state index contributed by atoms with van der Waals surface area (Å²) in [7, 11) is 0. The van der Waals surface area contributed by atoms with Crippen molar-refractivity contribution < 1.29 is 28.2 Å². The molecule has 0 spiro atoms. The van der Waals surface area contributed by atoms with Crippen molar-refractivity contribution in [2.75, 3.05) is 6.61 Å². The zero-order valence-corrected chi connectivity index (χ0v) is 23.0. The first-order chi connectivity index (χ1) is 18.3. The van der Waals surface area contributed by atoms with Gasteiger partial charge in [0.25, 0.3) is 0 Å². The summed E-state index contributed by atoms with van der Waals surface area (Å²) in [4.78, 5) is 34.2. The summed E-state index contributed by atoms with van der Waals surface area (Å²) in [6.45, 7) is 10.7. The number of benzene rings is 1. The molecule has 0 aliphatic heterocycles. The second-order valence-corrected chi connectivity index (χ2v) is 10.7. The van der Waals surface area contributed by atoms with Gasteiger partial charge in [0.15, 0.2) is 0 Å². The van der Waals surface area contributed by atoms with Crippen LogP contribution in [0.4, 0.5) is 9.18 Å². The standard InChI is InChI=1S/C26H34FN7O5/c1-25(2,3)38-22(35)14-17(30-24(36)39-26(4,5)6)16-34-32-23(31-33-34)19-9-8-18(15-20(19)27)37-13-10-21-28-11-7-12-29-21/h7-9,11-12,15,17H,10,13-14,16H2,1-6H3,(H,30,36)/t17-/m0/s1. The number of carbonyl (C=O) groups is 2. The highest BCUT2D eigenvalue weighted by molar-refractivity contribution is 5.73. The maximum absolute atomic E-state index is 14.9. The molecule has 0 aliphatic rings. The zero-order valence-electron chi connectivity index (χ0n) is 23.0. The van der Waals surface area contributed by atoms with Crippen LogP contribution in [0.25, 0.3) is 11.4 Å². The number of aromatic nitrogens is 6. The fourth-order valence-electron chi connectivity index (χ4n) is 3.33. The Labute approximate surface area is 226 Å². The van der Waals surface area contributed by atoms with Crippen LogP contribution < -0.4 is 10.1 Å². The summed E-state index contributed by atoms with van der Waals surface area (Å²) in [5.41, 5.74) is -1.32. The number of alkyl carbamates (subject to hydrolysis) is 1. The minimum atomic E-state index is -0.772. The molecular weight excluding hydrogens is 509 g/mol. The van der Waals surface area contributed by atoms with Crippen molar-refractivity contribution in [2.45, 2.75) is 78.2 Å². The predicted octanol–water partition coefficient (Wildman–Crippen LogP) is 3.52. The molecule has 0 saturated carbocycles. The highest BCUT2D eigenvalue weighted by Crippen LogP contribution is 2.23. The number of amides is 1. The number of rotatable bonds is 10. The Morgan fingerprint density at radius 1 is 1.05 bits per heavy atom. The molecule has 1 aromatic carbocycles. The van der Waals surface area contributed by atoms with E-state index in [9.17, 15) is 14.0 Å². The average molecular weight is 544 g/mol. The number of nitrogens with zero attached hydrogens (tertiary/aromatic N) is 6. The fraction of sp³-hybridized carbons (Fsp3) is 0.500. The summed E-state index contributed by atoms with van der Waals surface area (Å²) >= 11 is 0. The number of carbonyl (C=O) groups excluding carboxylic acids is 2. The van der Waals surface area contributed by atoms with Crippen LogP contribution in [0.5, 0.6) is 5.75 Å². The largest absolute Gasteiger partial charge is 0.493 e. The number of tetrazole rings is 1. The van der Waals surface area contributed by atoms with Gasteiger partial charge < -0.3 is 19.5 Å². The maximum atomic E-state index is 14.9. The van der Waals surface area contributed by atoms with Crippen molar-refractivity contribution in [2.24, 2.45) is 0 Å². The molecule has 0 aliphatic carbocycles. The van der Waals surface area contributed by atoms with Crippen LogP contribution in [0, 0.1) is 5.82 Å². The smallest absolute Gasteiger partial charge is 0.407 e. The van der Waals surface area contributed by atoms with E-state index in [4.69, 9.17) is 14.2 Å². The third-order valence-electron chi connectivity index (χ3n) is 4.79. The lowest BCUT2D eigenvalue weighted by Crippen LogP contribution is -2.43. The molecule has 0 saturated heterocycles. The first-order valence-electron chi connectivity index (χ1n) is 12.5. The number of hydrogen-bond acceptors (Lipinski definition) is 10. The van der Waals surface area contributed by atoms with Crippen molar-refractivity contribution in [3.8, 4) is 17.1 Å². The molecular formula is C26H34FN7O5. The lowest BCUT2D eigenvalue weighted by Gasteiger charge is -2.24. The number of halogens is 1. The number of nitrogens with one attached hydrogen (secondary N) is 1. The van der Waals surface area contributed by atoms with Gasteiger partial charge in [0.1, 0.15) is 28.6 Å². The van der Waals surface area contributed by atoms with Crippen LogP contribution in [-0.2, 0) is 27.2 Å². The summed E-state index contributed by atoms with van der Waals surface area (Å²) in [5, 5.41) is 14.8. The second kappa shape index (κ2) is 12.6. The topological polar surface area (TPSA) is 143 Å². The lowest BCUT2D eigenvalue weighted by atomic mass is 10.1. The first-order valence-corrected chi connectivity index (χ1v) is 12.5. The van der Waals surface area contributed by atoms with E-state index in [1.54, 1.807) is 66.1 Å². The average Bonchev–Trinajstić information content (AvgIpc) is 3.25. The monoisotopic (exact) mass is 543 g/mol. The van der Waals surface area contributed by atoms with E-state index in [1.807, 2.05) is 0 Å². The van der Waals surface area contributed by atoms with Crippen molar-refractivity contribution in [1.82, 2.24) is 35.5 Å².